The first-order chi connectivity index (χ1) is 15.0. The number of hydrogen-bond donors (Lipinski definition) is 2. The molecular formula is C23H27N7O. The van der Waals surface area contributed by atoms with Crippen LogP contribution < -0.4 is 15.5 Å². The molecule has 1 saturated heterocycles. The van der Waals surface area contributed by atoms with Crippen molar-refractivity contribution >= 4 is 29.2 Å². The van der Waals surface area contributed by atoms with Gasteiger partial charge in [0.1, 0.15) is 5.82 Å². The highest BCUT2D eigenvalue weighted by Crippen LogP contribution is 2.18. The van der Waals surface area contributed by atoms with Crippen molar-refractivity contribution in [2.24, 2.45) is 0 Å². The van der Waals surface area contributed by atoms with Gasteiger partial charge in [-0.1, -0.05) is 6.07 Å². The van der Waals surface area contributed by atoms with Crippen LogP contribution in [0.4, 0.5) is 27.9 Å². The largest absolute Gasteiger partial charge is 0.352 e. The monoisotopic (exact) mass is 417 g/mol. The standard InChI is InChI=1S/C23H27N7O/c1-16-8-9-24-21(14-16)26-20-6-7-22(28-27-20)29-10-12-30(13-11-29)23(31)25-19-5-4-17(2)18(3)15-19/h4-9,14-15H,10-13H2,1-3H3,(H,25,31)(H,24,26,27). The number of pyridine rings is 1. The summed E-state index contributed by atoms with van der Waals surface area (Å²) in [5.41, 5.74) is 4.33. The summed E-state index contributed by atoms with van der Waals surface area (Å²) in [5, 5.41) is 14.8. The van der Waals surface area contributed by atoms with E-state index in [-0.39, 0.29) is 6.03 Å². The number of rotatable bonds is 4. The molecule has 0 aliphatic carbocycles. The molecule has 160 valence electrons. The second kappa shape index (κ2) is 8.99. The van der Waals surface area contributed by atoms with Crippen molar-refractivity contribution in [1.82, 2.24) is 20.1 Å². The molecule has 3 aromatic rings. The molecule has 8 heteroatoms. The minimum atomic E-state index is -0.0702. The lowest BCUT2D eigenvalue weighted by Crippen LogP contribution is -2.50. The van der Waals surface area contributed by atoms with Crippen LogP contribution in [-0.4, -0.2) is 52.3 Å². The summed E-state index contributed by atoms with van der Waals surface area (Å²) < 4.78 is 0. The fourth-order valence-electron chi connectivity index (χ4n) is 3.46. The Morgan fingerprint density at radius 3 is 2.35 bits per heavy atom. The summed E-state index contributed by atoms with van der Waals surface area (Å²) in [4.78, 5) is 20.9. The lowest BCUT2D eigenvalue weighted by Gasteiger charge is -2.35. The van der Waals surface area contributed by atoms with E-state index in [0.717, 1.165) is 28.5 Å². The summed E-state index contributed by atoms with van der Waals surface area (Å²) in [6.45, 7) is 8.80. The first-order valence-electron chi connectivity index (χ1n) is 10.4. The molecule has 4 rings (SSSR count). The Kier molecular flexibility index (Phi) is 5.97. The van der Waals surface area contributed by atoms with Crippen molar-refractivity contribution in [3.8, 4) is 0 Å². The van der Waals surface area contributed by atoms with Gasteiger partial charge in [0.25, 0.3) is 0 Å². The van der Waals surface area contributed by atoms with Gasteiger partial charge < -0.3 is 20.4 Å². The van der Waals surface area contributed by atoms with Crippen molar-refractivity contribution in [3.63, 3.8) is 0 Å². The zero-order chi connectivity index (χ0) is 21.8. The van der Waals surface area contributed by atoms with Crippen LogP contribution in [0.2, 0.25) is 0 Å². The maximum absolute atomic E-state index is 12.6. The number of nitrogens with one attached hydrogen (secondary N) is 2. The first-order valence-corrected chi connectivity index (χ1v) is 10.4. The van der Waals surface area contributed by atoms with E-state index < -0.39 is 0 Å². The fourth-order valence-corrected chi connectivity index (χ4v) is 3.46. The van der Waals surface area contributed by atoms with E-state index >= 15 is 0 Å². The molecule has 1 fully saturated rings. The fraction of sp³-hybridized carbons (Fsp3) is 0.304. The van der Waals surface area contributed by atoms with Gasteiger partial charge in [0.15, 0.2) is 11.6 Å². The van der Waals surface area contributed by atoms with Crippen LogP contribution in [0.5, 0.6) is 0 Å². The summed E-state index contributed by atoms with van der Waals surface area (Å²) in [7, 11) is 0. The van der Waals surface area contributed by atoms with Crippen LogP contribution in [0.3, 0.4) is 0 Å². The Balaban J connectivity index is 1.31. The molecule has 3 heterocycles. The predicted molar refractivity (Wildman–Crippen MR) is 123 cm³/mol. The number of hydrogen-bond acceptors (Lipinski definition) is 6. The summed E-state index contributed by atoms with van der Waals surface area (Å²) in [6.07, 6.45) is 1.76. The molecule has 1 aliphatic heterocycles. The van der Waals surface area contributed by atoms with Gasteiger partial charge >= 0.3 is 6.03 Å². The maximum Gasteiger partial charge on any atom is 0.321 e. The van der Waals surface area contributed by atoms with Crippen molar-refractivity contribution in [1.29, 1.82) is 0 Å². The number of carbonyl (C=O) groups excluding carboxylic acids is 1. The van der Waals surface area contributed by atoms with E-state index in [0.29, 0.717) is 32.0 Å². The number of nitrogens with zero attached hydrogens (tertiary/aromatic N) is 5. The molecule has 0 spiro atoms. The number of carbonyl (C=O) groups is 1. The lowest BCUT2D eigenvalue weighted by atomic mass is 10.1. The van der Waals surface area contributed by atoms with Crippen LogP contribution in [0.25, 0.3) is 0 Å². The van der Waals surface area contributed by atoms with Gasteiger partial charge in [-0.25, -0.2) is 9.78 Å². The van der Waals surface area contributed by atoms with Gasteiger partial charge in [0.2, 0.25) is 0 Å². The van der Waals surface area contributed by atoms with Crippen molar-refractivity contribution in [3.05, 3.63) is 65.4 Å². The highest BCUT2D eigenvalue weighted by Gasteiger charge is 2.22. The van der Waals surface area contributed by atoms with Gasteiger partial charge in [-0.15, -0.1) is 10.2 Å². The molecule has 0 radical (unpaired) electrons. The number of anilines is 4. The van der Waals surface area contributed by atoms with Crippen LogP contribution in [0.15, 0.2) is 48.7 Å². The molecule has 0 bridgehead atoms. The Morgan fingerprint density at radius 1 is 0.871 bits per heavy atom. The molecule has 2 N–H and O–H groups in total. The molecular weight excluding hydrogens is 390 g/mol. The van der Waals surface area contributed by atoms with E-state index in [1.165, 1.54) is 5.56 Å². The Hall–Kier alpha value is -3.68. The van der Waals surface area contributed by atoms with E-state index in [9.17, 15) is 4.79 Å². The summed E-state index contributed by atoms with van der Waals surface area (Å²) >= 11 is 0. The third-order valence-electron chi connectivity index (χ3n) is 5.47. The van der Waals surface area contributed by atoms with E-state index in [1.54, 1.807) is 6.20 Å². The Labute approximate surface area is 182 Å². The molecule has 1 aliphatic rings. The second-order valence-corrected chi connectivity index (χ2v) is 7.82. The minimum Gasteiger partial charge on any atom is -0.352 e. The van der Waals surface area contributed by atoms with Crippen molar-refractivity contribution < 1.29 is 4.79 Å². The molecule has 0 unspecified atom stereocenters. The molecule has 2 amide bonds. The minimum absolute atomic E-state index is 0.0702. The average molecular weight is 418 g/mol. The summed E-state index contributed by atoms with van der Waals surface area (Å²) in [6, 6.07) is 13.6. The smallest absolute Gasteiger partial charge is 0.321 e. The normalized spacial score (nSPS) is 13.8. The number of piperazine rings is 1. The van der Waals surface area contributed by atoms with Gasteiger partial charge in [-0.05, 0) is 73.9 Å². The highest BCUT2D eigenvalue weighted by molar-refractivity contribution is 5.89. The van der Waals surface area contributed by atoms with Crippen molar-refractivity contribution in [2.75, 3.05) is 41.7 Å². The first kappa shape index (κ1) is 20.6. The number of urea groups is 1. The lowest BCUT2D eigenvalue weighted by molar-refractivity contribution is 0.208. The molecule has 0 saturated carbocycles. The zero-order valence-electron chi connectivity index (χ0n) is 18.1. The summed E-state index contributed by atoms with van der Waals surface area (Å²) in [5.74, 6) is 2.19. The third-order valence-corrected chi connectivity index (χ3v) is 5.47. The van der Waals surface area contributed by atoms with Crippen LogP contribution in [0, 0.1) is 20.8 Å². The quantitative estimate of drug-likeness (QED) is 0.670. The Morgan fingerprint density at radius 2 is 1.68 bits per heavy atom. The van der Waals surface area contributed by atoms with Crippen LogP contribution in [0.1, 0.15) is 16.7 Å². The zero-order valence-corrected chi connectivity index (χ0v) is 18.1. The second-order valence-electron chi connectivity index (χ2n) is 7.82. The van der Waals surface area contributed by atoms with Crippen LogP contribution in [-0.2, 0) is 0 Å². The SMILES string of the molecule is Cc1ccnc(Nc2ccc(N3CCN(C(=O)Nc4ccc(C)c(C)c4)CC3)nn2)c1. The van der Waals surface area contributed by atoms with Crippen LogP contribution >= 0.6 is 0 Å². The van der Waals surface area contributed by atoms with E-state index in [4.69, 9.17) is 0 Å². The van der Waals surface area contributed by atoms with E-state index in [1.807, 2.05) is 61.2 Å². The third kappa shape index (κ3) is 5.09. The van der Waals surface area contributed by atoms with E-state index in [2.05, 4.69) is 37.6 Å². The number of aryl methyl sites for hydroxylation is 3. The molecule has 8 nitrogen and oxygen atoms in total. The number of benzene rings is 1. The maximum atomic E-state index is 12.6. The van der Waals surface area contributed by atoms with Gasteiger partial charge in [-0.2, -0.15) is 0 Å². The Bertz CT molecular complexity index is 1060. The van der Waals surface area contributed by atoms with Gasteiger partial charge in [0, 0.05) is 38.1 Å². The average Bonchev–Trinajstić information content (AvgIpc) is 2.77. The van der Waals surface area contributed by atoms with Gasteiger partial charge in [0.05, 0.1) is 0 Å². The number of amides is 2. The highest BCUT2D eigenvalue weighted by atomic mass is 16.2. The van der Waals surface area contributed by atoms with Gasteiger partial charge in [-0.3, -0.25) is 0 Å². The molecule has 31 heavy (non-hydrogen) atoms. The predicted octanol–water partition coefficient (Wildman–Crippen LogP) is 3.89. The number of aromatic nitrogens is 3. The molecule has 1 aromatic carbocycles. The molecule has 0 atom stereocenters. The topological polar surface area (TPSA) is 86.3 Å². The molecule has 2 aromatic heterocycles. The van der Waals surface area contributed by atoms with Crippen molar-refractivity contribution in [2.45, 2.75) is 20.8 Å².